The Labute approximate surface area is 105 Å². The average molecular weight is 273 g/mol. The van der Waals surface area contributed by atoms with Crippen molar-refractivity contribution >= 4 is 13.6 Å². The summed E-state index contributed by atoms with van der Waals surface area (Å²) >= 11 is 0. The van der Waals surface area contributed by atoms with Crippen LogP contribution in [0.5, 0.6) is 0 Å². The van der Waals surface area contributed by atoms with E-state index in [1.165, 1.54) is 4.90 Å². The zero-order chi connectivity index (χ0) is 13.6. The SMILES string of the molecule is O=C(O)CN(CCc1ccccc1)CP(=O)(O)O. The van der Waals surface area contributed by atoms with E-state index in [0.29, 0.717) is 13.0 Å². The van der Waals surface area contributed by atoms with Crippen molar-refractivity contribution < 1.29 is 24.3 Å². The summed E-state index contributed by atoms with van der Waals surface area (Å²) in [5, 5.41) is 8.68. The molecule has 0 atom stereocenters. The molecule has 0 aliphatic carbocycles. The Hall–Kier alpha value is -1.20. The molecule has 0 spiro atoms. The third kappa shape index (κ3) is 6.51. The number of rotatable bonds is 7. The fourth-order valence-corrected chi connectivity index (χ4v) is 2.35. The van der Waals surface area contributed by atoms with E-state index in [-0.39, 0.29) is 6.54 Å². The Morgan fingerprint density at radius 2 is 1.83 bits per heavy atom. The lowest BCUT2D eigenvalue weighted by Crippen LogP contribution is -2.32. The summed E-state index contributed by atoms with van der Waals surface area (Å²) in [6.07, 6.45) is 0.0141. The van der Waals surface area contributed by atoms with Crippen LogP contribution in [0.1, 0.15) is 5.56 Å². The number of nitrogens with zero attached hydrogens (tertiary/aromatic N) is 1. The van der Waals surface area contributed by atoms with E-state index in [1.54, 1.807) is 0 Å². The minimum atomic E-state index is -4.24. The fraction of sp³-hybridized carbons (Fsp3) is 0.364. The molecule has 0 aromatic heterocycles. The molecule has 0 saturated heterocycles. The van der Waals surface area contributed by atoms with Gasteiger partial charge in [-0.1, -0.05) is 30.3 Å². The Kier molecular flexibility index (Phi) is 5.50. The highest BCUT2D eigenvalue weighted by Gasteiger charge is 2.20. The van der Waals surface area contributed by atoms with Crippen molar-refractivity contribution in [3.05, 3.63) is 35.9 Å². The third-order valence-corrected chi connectivity index (χ3v) is 3.07. The van der Waals surface area contributed by atoms with Crippen molar-refractivity contribution in [2.75, 3.05) is 19.4 Å². The smallest absolute Gasteiger partial charge is 0.339 e. The van der Waals surface area contributed by atoms with Gasteiger partial charge in [0.05, 0.1) is 6.54 Å². The molecule has 0 fully saturated rings. The van der Waals surface area contributed by atoms with Gasteiger partial charge < -0.3 is 14.9 Å². The van der Waals surface area contributed by atoms with Gasteiger partial charge in [-0.15, -0.1) is 0 Å². The summed E-state index contributed by atoms with van der Waals surface area (Å²) in [6.45, 7) is -0.0840. The first-order valence-corrected chi connectivity index (χ1v) is 7.19. The summed E-state index contributed by atoms with van der Waals surface area (Å²) in [4.78, 5) is 29.6. The zero-order valence-corrected chi connectivity index (χ0v) is 10.7. The largest absolute Gasteiger partial charge is 0.480 e. The molecule has 0 aliphatic heterocycles. The second-order valence-corrected chi connectivity index (χ2v) is 5.60. The fourth-order valence-electron chi connectivity index (χ4n) is 1.58. The first kappa shape index (κ1) is 14.9. The van der Waals surface area contributed by atoms with Gasteiger partial charge in [-0.25, -0.2) is 0 Å². The summed E-state index contributed by atoms with van der Waals surface area (Å²) in [6, 6.07) is 9.36. The van der Waals surface area contributed by atoms with E-state index in [9.17, 15) is 9.36 Å². The van der Waals surface area contributed by atoms with Crippen molar-refractivity contribution in [2.24, 2.45) is 0 Å². The quantitative estimate of drug-likeness (QED) is 0.634. The standard InChI is InChI=1S/C11H16NO5P/c13-11(14)8-12(9-18(15,16)17)7-6-10-4-2-1-3-5-10/h1-5H,6-9H2,(H,13,14)(H2,15,16,17). The maximum atomic E-state index is 10.9. The summed E-state index contributed by atoms with van der Waals surface area (Å²) in [7, 11) is -4.24. The molecule has 1 aromatic carbocycles. The van der Waals surface area contributed by atoms with E-state index in [0.717, 1.165) is 5.56 Å². The maximum Gasteiger partial charge on any atom is 0.339 e. The molecule has 0 heterocycles. The van der Waals surface area contributed by atoms with Crippen LogP contribution in [0.15, 0.2) is 30.3 Å². The molecule has 0 aliphatic rings. The second kappa shape index (κ2) is 6.66. The van der Waals surface area contributed by atoms with Gasteiger partial charge in [0, 0.05) is 6.54 Å². The Balaban J connectivity index is 2.56. The lowest BCUT2D eigenvalue weighted by atomic mass is 10.1. The topological polar surface area (TPSA) is 98.1 Å². The van der Waals surface area contributed by atoms with Crippen molar-refractivity contribution in [3.63, 3.8) is 0 Å². The molecule has 100 valence electrons. The number of aliphatic carboxylic acids is 1. The molecule has 3 N–H and O–H groups in total. The number of benzene rings is 1. The van der Waals surface area contributed by atoms with Crippen molar-refractivity contribution in [2.45, 2.75) is 6.42 Å². The van der Waals surface area contributed by atoms with Gasteiger partial charge in [0.2, 0.25) is 0 Å². The Morgan fingerprint density at radius 3 is 2.33 bits per heavy atom. The van der Waals surface area contributed by atoms with Crippen molar-refractivity contribution in [1.29, 1.82) is 0 Å². The lowest BCUT2D eigenvalue weighted by molar-refractivity contribution is -0.138. The monoisotopic (exact) mass is 273 g/mol. The number of hydrogen-bond acceptors (Lipinski definition) is 3. The van der Waals surface area contributed by atoms with Crippen LogP contribution in [0.2, 0.25) is 0 Å². The van der Waals surface area contributed by atoms with Gasteiger partial charge in [0.1, 0.15) is 6.29 Å². The van der Waals surface area contributed by atoms with Crippen molar-refractivity contribution in [3.8, 4) is 0 Å². The minimum absolute atomic E-state index is 0.293. The van der Waals surface area contributed by atoms with E-state index in [4.69, 9.17) is 14.9 Å². The van der Waals surface area contributed by atoms with Crippen LogP contribution in [0.4, 0.5) is 0 Å². The van der Waals surface area contributed by atoms with Crippen LogP contribution in [0, 0.1) is 0 Å². The first-order chi connectivity index (χ1) is 8.37. The van der Waals surface area contributed by atoms with Crippen LogP contribution < -0.4 is 0 Å². The highest BCUT2D eigenvalue weighted by molar-refractivity contribution is 7.51. The van der Waals surface area contributed by atoms with Gasteiger partial charge in [-0.2, -0.15) is 0 Å². The van der Waals surface area contributed by atoms with E-state index < -0.39 is 19.9 Å². The molecular weight excluding hydrogens is 257 g/mol. The molecule has 0 radical (unpaired) electrons. The van der Waals surface area contributed by atoms with Crippen LogP contribution in [-0.2, 0) is 15.8 Å². The number of carboxylic acid groups (broad SMARTS) is 1. The van der Waals surface area contributed by atoms with Gasteiger partial charge >= 0.3 is 13.6 Å². The van der Waals surface area contributed by atoms with Gasteiger partial charge in [-0.05, 0) is 12.0 Å². The maximum absolute atomic E-state index is 10.9. The molecule has 1 rings (SSSR count). The normalized spacial score (nSPS) is 11.7. The van der Waals surface area contributed by atoms with Gasteiger partial charge in [0.15, 0.2) is 0 Å². The summed E-state index contributed by atoms with van der Waals surface area (Å²) in [5.74, 6) is -1.10. The molecule has 0 saturated carbocycles. The molecule has 0 unspecified atom stereocenters. The molecule has 1 aromatic rings. The summed E-state index contributed by atoms with van der Waals surface area (Å²) < 4.78 is 10.9. The Morgan fingerprint density at radius 1 is 1.22 bits per heavy atom. The van der Waals surface area contributed by atoms with Crippen LogP contribution in [0.25, 0.3) is 0 Å². The summed E-state index contributed by atoms with van der Waals surface area (Å²) in [5.41, 5.74) is 0.999. The van der Waals surface area contributed by atoms with Crippen LogP contribution >= 0.6 is 7.60 Å². The first-order valence-electron chi connectivity index (χ1n) is 5.39. The lowest BCUT2D eigenvalue weighted by Gasteiger charge is -2.20. The second-order valence-electron chi connectivity index (χ2n) is 3.99. The predicted molar refractivity (Wildman–Crippen MR) is 66.3 cm³/mol. The number of hydrogen-bond donors (Lipinski definition) is 3. The molecule has 0 bridgehead atoms. The van der Waals surface area contributed by atoms with E-state index >= 15 is 0 Å². The molecular formula is C11H16NO5P. The molecule has 6 nitrogen and oxygen atoms in total. The highest BCUT2D eigenvalue weighted by atomic mass is 31.2. The minimum Gasteiger partial charge on any atom is -0.480 e. The number of carbonyl (C=O) groups is 1. The average Bonchev–Trinajstić information content (AvgIpc) is 2.24. The van der Waals surface area contributed by atoms with Gasteiger partial charge in [0.25, 0.3) is 0 Å². The van der Waals surface area contributed by atoms with E-state index in [1.807, 2.05) is 30.3 Å². The Bertz CT molecular complexity index is 430. The van der Waals surface area contributed by atoms with Crippen LogP contribution in [0.3, 0.4) is 0 Å². The third-order valence-electron chi connectivity index (χ3n) is 2.30. The molecule has 0 amide bonds. The zero-order valence-electron chi connectivity index (χ0n) is 9.77. The highest BCUT2D eigenvalue weighted by Crippen LogP contribution is 2.34. The molecule has 18 heavy (non-hydrogen) atoms. The number of carboxylic acids is 1. The van der Waals surface area contributed by atoms with Crippen molar-refractivity contribution in [1.82, 2.24) is 4.90 Å². The van der Waals surface area contributed by atoms with Gasteiger partial charge in [-0.3, -0.25) is 14.3 Å². The predicted octanol–water partition coefficient (Wildman–Crippen LogP) is 0.751. The molecule has 7 heteroatoms. The van der Waals surface area contributed by atoms with Crippen LogP contribution in [-0.4, -0.2) is 45.1 Å². The van der Waals surface area contributed by atoms with E-state index in [2.05, 4.69) is 0 Å².